The Balaban J connectivity index is 2.72. The largest absolute Gasteiger partial charge is 0.395 e. The molecule has 0 aliphatic rings. The van der Waals surface area contributed by atoms with Crippen molar-refractivity contribution in [1.29, 1.82) is 5.26 Å². The molecule has 1 rings (SSSR count). The lowest BCUT2D eigenvalue weighted by Crippen LogP contribution is -2.31. The van der Waals surface area contributed by atoms with Gasteiger partial charge in [0.2, 0.25) is 0 Å². The fourth-order valence-corrected chi connectivity index (χ4v) is 2.32. The van der Waals surface area contributed by atoms with Crippen LogP contribution in [0.25, 0.3) is 0 Å². The second kappa shape index (κ2) is 8.31. The van der Waals surface area contributed by atoms with Crippen molar-refractivity contribution in [3.05, 3.63) is 21.9 Å². The number of nitrogens with zero attached hydrogens (tertiary/aromatic N) is 2. The molecule has 5 heteroatoms. The van der Waals surface area contributed by atoms with Crippen LogP contribution in [0.2, 0.25) is 0 Å². The lowest BCUT2D eigenvalue weighted by molar-refractivity contribution is 0.0772. The molecule has 100 valence electrons. The molecule has 0 saturated carbocycles. The normalized spacial score (nSPS) is 9.32. The summed E-state index contributed by atoms with van der Waals surface area (Å²) in [5.74, 6) is 5.67. The smallest absolute Gasteiger partial charge is 0.263 e. The average Bonchev–Trinajstić information content (AvgIpc) is 2.88. The Morgan fingerprint density at radius 2 is 2.26 bits per heavy atom. The lowest BCUT2D eigenvalue weighted by atomic mass is 10.3. The standard InChI is InChI=1S/C14H16N2O2S/c1-2-16(10-5-9-15)14(18)13-8-7-12(19-13)6-3-4-11-17/h7-8,17H,2,4-5,10-11H2,1H3. The zero-order valence-corrected chi connectivity index (χ0v) is 11.7. The predicted molar refractivity (Wildman–Crippen MR) is 74.7 cm³/mol. The van der Waals surface area contributed by atoms with Gasteiger partial charge in [-0.05, 0) is 19.1 Å². The van der Waals surface area contributed by atoms with Gasteiger partial charge >= 0.3 is 0 Å². The van der Waals surface area contributed by atoms with Crippen molar-refractivity contribution in [3.8, 4) is 17.9 Å². The molecule has 0 atom stereocenters. The average molecular weight is 276 g/mol. The number of aliphatic hydroxyl groups excluding tert-OH is 1. The van der Waals surface area contributed by atoms with Crippen molar-refractivity contribution in [3.63, 3.8) is 0 Å². The highest BCUT2D eigenvalue weighted by atomic mass is 32.1. The van der Waals surface area contributed by atoms with E-state index in [1.807, 2.05) is 13.0 Å². The molecule has 19 heavy (non-hydrogen) atoms. The third-order valence-corrected chi connectivity index (χ3v) is 3.42. The molecule has 1 aromatic rings. The minimum absolute atomic E-state index is 0.0436. The van der Waals surface area contributed by atoms with Gasteiger partial charge in [-0.15, -0.1) is 11.3 Å². The lowest BCUT2D eigenvalue weighted by Gasteiger charge is -2.18. The summed E-state index contributed by atoms with van der Waals surface area (Å²) in [6.45, 7) is 2.98. The SMILES string of the molecule is CCN(CCC#N)C(=O)c1ccc(C#CCCO)s1. The summed E-state index contributed by atoms with van der Waals surface area (Å²) in [5, 5.41) is 17.2. The Kier molecular flexibility index (Phi) is 6.67. The van der Waals surface area contributed by atoms with E-state index in [0.717, 1.165) is 4.88 Å². The summed E-state index contributed by atoms with van der Waals surface area (Å²) in [7, 11) is 0. The zero-order valence-electron chi connectivity index (χ0n) is 10.8. The molecule has 0 saturated heterocycles. The molecular weight excluding hydrogens is 260 g/mol. The molecule has 0 spiro atoms. The number of carbonyl (C=O) groups is 1. The minimum Gasteiger partial charge on any atom is -0.395 e. The van der Waals surface area contributed by atoms with Gasteiger partial charge in [-0.25, -0.2) is 0 Å². The topological polar surface area (TPSA) is 64.3 Å². The van der Waals surface area contributed by atoms with Crippen LogP contribution in [0.4, 0.5) is 0 Å². The molecule has 0 aliphatic carbocycles. The molecule has 0 unspecified atom stereocenters. The van der Waals surface area contributed by atoms with Crippen LogP contribution >= 0.6 is 11.3 Å². The molecule has 0 bridgehead atoms. The first-order chi connectivity index (χ1) is 9.22. The monoisotopic (exact) mass is 276 g/mol. The summed E-state index contributed by atoms with van der Waals surface area (Å²) in [4.78, 5) is 15.3. The van der Waals surface area contributed by atoms with E-state index in [1.165, 1.54) is 11.3 Å². The molecule has 1 amide bonds. The summed E-state index contributed by atoms with van der Waals surface area (Å²) in [6.07, 6.45) is 0.776. The van der Waals surface area contributed by atoms with E-state index in [0.29, 0.717) is 30.8 Å². The fraction of sp³-hybridized carbons (Fsp3) is 0.429. The molecule has 4 nitrogen and oxygen atoms in total. The molecule has 0 fully saturated rings. The fourth-order valence-electron chi connectivity index (χ4n) is 1.47. The molecule has 0 aliphatic heterocycles. The summed E-state index contributed by atoms with van der Waals surface area (Å²) in [6, 6.07) is 5.60. The van der Waals surface area contributed by atoms with Gasteiger partial charge in [0.05, 0.1) is 28.9 Å². The first kappa shape index (κ1) is 15.2. The van der Waals surface area contributed by atoms with Crippen molar-refractivity contribution >= 4 is 17.2 Å². The number of aliphatic hydroxyl groups is 1. The van der Waals surface area contributed by atoms with E-state index in [1.54, 1.807) is 17.0 Å². The number of nitriles is 1. The van der Waals surface area contributed by atoms with Crippen LogP contribution in [-0.4, -0.2) is 35.6 Å². The van der Waals surface area contributed by atoms with Crippen molar-refractivity contribution in [2.75, 3.05) is 19.7 Å². The first-order valence-corrected chi connectivity index (χ1v) is 6.90. The van der Waals surface area contributed by atoms with Crippen molar-refractivity contribution in [2.24, 2.45) is 0 Å². The maximum Gasteiger partial charge on any atom is 0.263 e. The van der Waals surface area contributed by atoms with Crippen molar-refractivity contribution < 1.29 is 9.90 Å². The van der Waals surface area contributed by atoms with Crippen LogP contribution < -0.4 is 0 Å². The number of thiophene rings is 1. The number of amides is 1. The van der Waals surface area contributed by atoms with E-state index in [9.17, 15) is 4.79 Å². The third kappa shape index (κ3) is 4.75. The minimum atomic E-state index is -0.0574. The maximum absolute atomic E-state index is 12.2. The number of rotatable bonds is 5. The van der Waals surface area contributed by atoms with Crippen molar-refractivity contribution in [1.82, 2.24) is 4.90 Å². The second-order valence-electron chi connectivity index (χ2n) is 3.73. The first-order valence-electron chi connectivity index (χ1n) is 6.08. The maximum atomic E-state index is 12.2. The van der Waals surface area contributed by atoms with E-state index in [4.69, 9.17) is 10.4 Å². The highest BCUT2D eigenvalue weighted by Gasteiger charge is 2.15. The van der Waals surface area contributed by atoms with Gasteiger partial charge in [-0.1, -0.05) is 11.8 Å². The highest BCUT2D eigenvalue weighted by molar-refractivity contribution is 7.14. The van der Waals surface area contributed by atoms with E-state index < -0.39 is 0 Å². The van der Waals surface area contributed by atoms with Crippen LogP contribution in [0.5, 0.6) is 0 Å². The van der Waals surface area contributed by atoms with Crippen LogP contribution in [0.15, 0.2) is 12.1 Å². The zero-order chi connectivity index (χ0) is 14.1. The Bertz CT molecular complexity index is 520. The quantitative estimate of drug-likeness (QED) is 0.835. The van der Waals surface area contributed by atoms with E-state index in [2.05, 4.69) is 11.8 Å². The Hall–Kier alpha value is -1.82. The summed E-state index contributed by atoms with van der Waals surface area (Å²) < 4.78 is 0. The van der Waals surface area contributed by atoms with Gasteiger partial charge in [-0.3, -0.25) is 4.79 Å². The Labute approximate surface area is 117 Å². The number of carbonyl (C=O) groups excluding carboxylic acids is 1. The molecule has 1 heterocycles. The van der Waals surface area contributed by atoms with Crippen LogP contribution in [-0.2, 0) is 0 Å². The second-order valence-corrected chi connectivity index (χ2v) is 4.82. The van der Waals surface area contributed by atoms with Gasteiger partial charge in [0, 0.05) is 19.5 Å². The van der Waals surface area contributed by atoms with Crippen molar-refractivity contribution in [2.45, 2.75) is 19.8 Å². The van der Waals surface area contributed by atoms with E-state index in [-0.39, 0.29) is 12.5 Å². The Morgan fingerprint density at radius 3 is 2.89 bits per heavy atom. The Morgan fingerprint density at radius 1 is 1.47 bits per heavy atom. The molecule has 0 radical (unpaired) electrons. The van der Waals surface area contributed by atoms with Gasteiger partial charge in [0.15, 0.2) is 0 Å². The van der Waals surface area contributed by atoms with Crippen LogP contribution in [0.3, 0.4) is 0 Å². The molecule has 1 aromatic heterocycles. The van der Waals surface area contributed by atoms with Gasteiger partial charge in [0.25, 0.3) is 5.91 Å². The summed E-state index contributed by atoms with van der Waals surface area (Å²) in [5.41, 5.74) is 0. The molecule has 0 aromatic carbocycles. The summed E-state index contributed by atoms with van der Waals surface area (Å²) >= 11 is 1.34. The highest BCUT2D eigenvalue weighted by Crippen LogP contribution is 2.17. The van der Waals surface area contributed by atoms with Gasteiger partial charge in [-0.2, -0.15) is 5.26 Å². The van der Waals surface area contributed by atoms with Gasteiger partial charge < -0.3 is 10.0 Å². The van der Waals surface area contributed by atoms with Crippen LogP contribution in [0.1, 0.15) is 34.3 Å². The van der Waals surface area contributed by atoms with Gasteiger partial charge in [0.1, 0.15) is 0 Å². The third-order valence-electron chi connectivity index (χ3n) is 2.43. The predicted octanol–water partition coefficient (Wildman–Crippen LogP) is 1.86. The molecule has 1 N–H and O–H groups in total. The number of hydrogen-bond donors (Lipinski definition) is 1. The number of hydrogen-bond acceptors (Lipinski definition) is 4. The van der Waals surface area contributed by atoms with E-state index >= 15 is 0 Å². The van der Waals surface area contributed by atoms with Crippen LogP contribution in [0, 0.1) is 23.2 Å². The molecular formula is C14H16N2O2S.